The van der Waals surface area contributed by atoms with Crippen LogP contribution in [-0.2, 0) is 5.75 Å². The van der Waals surface area contributed by atoms with Crippen LogP contribution in [-0.4, -0.2) is 23.5 Å². The van der Waals surface area contributed by atoms with E-state index in [1.807, 2.05) is 19.1 Å². The quantitative estimate of drug-likeness (QED) is 0.779. The Balaban J connectivity index is 2.51. The molecule has 1 atom stereocenters. The van der Waals surface area contributed by atoms with Gasteiger partial charge in [-0.2, -0.15) is 11.8 Å². The molecule has 1 unspecified atom stereocenters. The van der Waals surface area contributed by atoms with Crippen molar-refractivity contribution in [1.82, 2.24) is 0 Å². The van der Waals surface area contributed by atoms with Crippen LogP contribution in [0.2, 0.25) is 0 Å². The first kappa shape index (κ1) is 13.1. The lowest BCUT2D eigenvalue weighted by Gasteiger charge is -2.07. The zero-order valence-electron chi connectivity index (χ0n) is 9.44. The van der Waals surface area contributed by atoms with E-state index in [0.717, 1.165) is 11.3 Å². The molecule has 1 rings (SSSR count). The van der Waals surface area contributed by atoms with Crippen LogP contribution in [0.3, 0.4) is 0 Å². The lowest BCUT2D eigenvalue weighted by atomic mass is 10.1. The SMILES string of the molecule is CC(CO)SCc1ccc(C#CCN)cc1. The molecule has 0 amide bonds. The molecule has 0 fully saturated rings. The fourth-order valence-corrected chi connectivity index (χ4v) is 1.90. The van der Waals surface area contributed by atoms with E-state index < -0.39 is 0 Å². The molecule has 0 spiro atoms. The number of hydrogen-bond acceptors (Lipinski definition) is 3. The molecule has 0 saturated carbocycles. The molecule has 1 aromatic rings. The molecule has 0 radical (unpaired) electrons. The van der Waals surface area contributed by atoms with E-state index in [1.54, 1.807) is 11.8 Å². The average molecular weight is 235 g/mol. The fourth-order valence-electron chi connectivity index (χ4n) is 1.13. The molecule has 0 aliphatic carbocycles. The molecule has 0 heterocycles. The van der Waals surface area contributed by atoms with E-state index in [9.17, 15) is 0 Å². The second kappa shape index (κ2) is 7.34. The number of thioether (sulfide) groups is 1. The molecule has 3 heteroatoms. The number of aliphatic hydroxyl groups excluding tert-OH is 1. The summed E-state index contributed by atoms with van der Waals surface area (Å²) in [6, 6.07) is 8.14. The van der Waals surface area contributed by atoms with Gasteiger partial charge in [0.15, 0.2) is 0 Å². The molecule has 0 aliphatic heterocycles. The molecular weight excluding hydrogens is 218 g/mol. The minimum Gasteiger partial charge on any atom is -0.395 e. The van der Waals surface area contributed by atoms with Crippen LogP contribution in [0.1, 0.15) is 18.1 Å². The van der Waals surface area contributed by atoms with Crippen LogP contribution in [0.25, 0.3) is 0 Å². The van der Waals surface area contributed by atoms with Crippen molar-refractivity contribution in [3.63, 3.8) is 0 Å². The monoisotopic (exact) mass is 235 g/mol. The Morgan fingerprint density at radius 3 is 2.62 bits per heavy atom. The number of nitrogens with two attached hydrogens (primary N) is 1. The highest BCUT2D eigenvalue weighted by atomic mass is 32.2. The molecule has 86 valence electrons. The standard InChI is InChI=1S/C13H17NOS/c1-11(9-15)16-10-13-6-4-12(5-7-13)3-2-8-14/h4-7,11,15H,8-10,14H2,1H3. The zero-order chi connectivity index (χ0) is 11.8. The summed E-state index contributed by atoms with van der Waals surface area (Å²) in [5.41, 5.74) is 7.55. The number of rotatable bonds is 4. The van der Waals surface area contributed by atoms with Gasteiger partial charge in [0.05, 0.1) is 13.2 Å². The predicted octanol–water partition coefficient (Wildman–Crippen LogP) is 1.61. The van der Waals surface area contributed by atoms with Gasteiger partial charge in [-0.05, 0) is 17.7 Å². The van der Waals surface area contributed by atoms with E-state index in [2.05, 4.69) is 24.0 Å². The minimum absolute atomic E-state index is 0.227. The van der Waals surface area contributed by atoms with Crippen LogP contribution in [0.4, 0.5) is 0 Å². The molecular formula is C13H17NOS. The second-order valence-electron chi connectivity index (χ2n) is 3.51. The highest BCUT2D eigenvalue weighted by Gasteiger charge is 2.00. The van der Waals surface area contributed by atoms with Gasteiger partial charge in [0.2, 0.25) is 0 Å². The van der Waals surface area contributed by atoms with Gasteiger partial charge in [0.25, 0.3) is 0 Å². The molecule has 0 aromatic heterocycles. The number of benzene rings is 1. The maximum absolute atomic E-state index is 8.90. The molecule has 1 aromatic carbocycles. The van der Waals surface area contributed by atoms with E-state index in [4.69, 9.17) is 10.8 Å². The lowest BCUT2D eigenvalue weighted by molar-refractivity contribution is 0.300. The fraction of sp³-hybridized carbons (Fsp3) is 0.385. The largest absolute Gasteiger partial charge is 0.395 e. The second-order valence-corrected chi connectivity index (χ2v) is 4.93. The Morgan fingerprint density at radius 2 is 2.06 bits per heavy atom. The summed E-state index contributed by atoms with van der Waals surface area (Å²) in [4.78, 5) is 0. The third-order valence-electron chi connectivity index (χ3n) is 2.08. The van der Waals surface area contributed by atoms with Gasteiger partial charge < -0.3 is 10.8 Å². The van der Waals surface area contributed by atoms with E-state index in [-0.39, 0.29) is 11.9 Å². The van der Waals surface area contributed by atoms with Gasteiger partial charge in [0.1, 0.15) is 0 Å². The van der Waals surface area contributed by atoms with Gasteiger partial charge in [-0.15, -0.1) is 0 Å². The summed E-state index contributed by atoms with van der Waals surface area (Å²) in [6.45, 7) is 2.64. The van der Waals surface area contributed by atoms with Crippen molar-refractivity contribution < 1.29 is 5.11 Å². The van der Waals surface area contributed by atoms with E-state index in [0.29, 0.717) is 6.54 Å². The van der Waals surface area contributed by atoms with Crippen molar-refractivity contribution in [3.8, 4) is 11.8 Å². The maximum Gasteiger partial charge on any atom is 0.0555 e. The van der Waals surface area contributed by atoms with Gasteiger partial charge in [-0.1, -0.05) is 30.9 Å². The van der Waals surface area contributed by atoms with E-state index in [1.165, 1.54) is 5.56 Å². The first-order chi connectivity index (χ1) is 7.76. The highest BCUT2D eigenvalue weighted by molar-refractivity contribution is 7.99. The Hall–Kier alpha value is -0.950. The van der Waals surface area contributed by atoms with E-state index >= 15 is 0 Å². The summed E-state index contributed by atoms with van der Waals surface area (Å²) in [5.74, 6) is 6.73. The topological polar surface area (TPSA) is 46.2 Å². The summed E-state index contributed by atoms with van der Waals surface area (Å²) in [6.07, 6.45) is 0. The van der Waals surface area contributed by atoms with Crippen LogP contribution in [0.15, 0.2) is 24.3 Å². The minimum atomic E-state index is 0.227. The molecule has 16 heavy (non-hydrogen) atoms. The number of aliphatic hydroxyl groups is 1. The van der Waals surface area contributed by atoms with Crippen molar-refractivity contribution >= 4 is 11.8 Å². The Labute approximate surface area is 101 Å². The molecule has 3 N–H and O–H groups in total. The molecule has 0 bridgehead atoms. The Kier molecular flexibility index (Phi) is 6.02. The van der Waals surface area contributed by atoms with Crippen LogP contribution >= 0.6 is 11.8 Å². The first-order valence-corrected chi connectivity index (χ1v) is 6.31. The van der Waals surface area contributed by atoms with Crippen molar-refractivity contribution in [2.24, 2.45) is 5.73 Å². The van der Waals surface area contributed by atoms with Crippen molar-refractivity contribution in [2.45, 2.75) is 17.9 Å². The smallest absolute Gasteiger partial charge is 0.0555 e. The third-order valence-corrected chi connectivity index (χ3v) is 3.30. The van der Waals surface area contributed by atoms with Crippen molar-refractivity contribution in [1.29, 1.82) is 0 Å². The Morgan fingerprint density at radius 1 is 1.38 bits per heavy atom. The zero-order valence-corrected chi connectivity index (χ0v) is 10.3. The van der Waals surface area contributed by atoms with Gasteiger partial charge in [-0.3, -0.25) is 0 Å². The van der Waals surface area contributed by atoms with Crippen molar-refractivity contribution in [3.05, 3.63) is 35.4 Å². The lowest BCUT2D eigenvalue weighted by Crippen LogP contribution is -2.02. The third kappa shape index (κ3) is 4.71. The predicted molar refractivity (Wildman–Crippen MR) is 70.2 cm³/mol. The van der Waals surface area contributed by atoms with Gasteiger partial charge >= 0.3 is 0 Å². The normalized spacial score (nSPS) is 11.7. The molecule has 0 aliphatic rings. The summed E-state index contributed by atoms with van der Waals surface area (Å²) in [5, 5.41) is 9.19. The van der Waals surface area contributed by atoms with Gasteiger partial charge in [0, 0.05) is 16.6 Å². The van der Waals surface area contributed by atoms with Crippen LogP contribution in [0.5, 0.6) is 0 Å². The van der Waals surface area contributed by atoms with Crippen LogP contribution in [0, 0.1) is 11.8 Å². The molecule has 2 nitrogen and oxygen atoms in total. The summed E-state index contributed by atoms with van der Waals surface area (Å²) in [7, 11) is 0. The molecule has 0 saturated heterocycles. The van der Waals surface area contributed by atoms with Crippen molar-refractivity contribution in [2.75, 3.05) is 13.2 Å². The number of hydrogen-bond donors (Lipinski definition) is 2. The van der Waals surface area contributed by atoms with Crippen LogP contribution < -0.4 is 5.73 Å². The Bertz CT molecular complexity index is 364. The first-order valence-electron chi connectivity index (χ1n) is 5.26. The average Bonchev–Trinajstić information content (AvgIpc) is 2.34. The maximum atomic E-state index is 8.90. The summed E-state index contributed by atoms with van der Waals surface area (Å²) >= 11 is 1.75. The van der Waals surface area contributed by atoms with Gasteiger partial charge in [-0.25, -0.2) is 0 Å². The highest BCUT2D eigenvalue weighted by Crippen LogP contribution is 2.17. The summed E-state index contributed by atoms with van der Waals surface area (Å²) < 4.78 is 0.